The van der Waals surface area contributed by atoms with Gasteiger partial charge in [0.15, 0.2) is 5.78 Å². The fourth-order valence-electron chi connectivity index (χ4n) is 4.85. The molecule has 2 heterocycles. The van der Waals surface area contributed by atoms with Crippen molar-refractivity contribution in [1.29, 1.82) is 0 Å². The lowest BCUT2D eigenvalue weighted by atomic mass is 9.73. The fourth-order valence-corrected chi connectivity index (χ4v) is 5.11. The number of Topliss-reactive ketones (excluding diaryl/α,β-unsaturated/α-hetero) is 1. The van der Waals surface area contributed by atoms with Crippen molar-refractivity contribution < 1.29 is 9.59 Å². The van der Waals surface area contributed by atoms with Crippen LogP contribution in [0.4, 0.5) is 11.5 Å². The van der Waals surface area contributed by atoms with Gasteiger partial charge >= 0.3 is 0 Å². The molecule has 1 aromatic heterocycles. The minimum absolute atomic E-state index is 0.119. The summed E-state index contributed by atoms with van der Waals surface area (Å²) in [5.41, 5.74) is 5.88. The normalized spacial score (nSPS) is 18.7. The second kappa shape index (κ2) is 8.24. The van der Waals surface area contributed by atoms with E-state index in [1.165, 1.54) is 5.56 Å². The molecular formula is C27H27BrN4O2. The van der Waals surface area contributed by atoms with Gasteiger partial charge in [-0.25, -0.2) is 4.68 Å². The number of carbonyl (C=O) groups excluding carboxylic acids is 2. The van der Waals surface area contributed by atoms with Crippen molar-refractivity contribution in [1.82, 2.24) is 9.78 Å². The average Bonchev–Trinajstić information content (AvgIpc) is 3.18. The third-order valence-electron chi connectivity index (χ3n) is 6.70. The van der Waals surface area contributed by atoms with Crippen molar-refractivity contribution >= 4 is 39.1 Å². The highest BCUT2D eigenvalue weighted by Crippen LogP contribution is 2.46. The Morgan fingerprint density at radius 3 is 2.56 bits per heavy atom. The minimum Gasteiger partial charge on any atom is -0.343 e. The molecule has 2 aliphatic rings. The molecule has 2 aromatic carbocycles. The van der Waals surface area contributed by atoms with Crippen molar-refractivity contribution in [2.24, 2.45) is 5.41 Å². The van der Waals surface area contributed by atoms with Crippen LogP contribution >= 0.6 is 15.9 Å². The first-order valence-corrected chi connectivity index (χ1v) is 12.2. The van der Waals surface area contributed by atoms with Crippen LogP contribution in [0.1, 0.15) is 59.8 Å². The third-order valence-corrected chi connectivity index (χ3v) is 7.23. The number of amides is 1. The molecule has 1 amide bonds. The number of anilines is 2. The molecule has 174 valence electrons. The van der Waals surface area contributed by atoms with Crippen LogP contribution in [0.15, 0.2) is 64.4 Å². The number of rotatable bonds is 3. The summed E-state index contributed by atoms with van der Waals surface area (Å²) in [5.74, 6) is 0.490. The van der Waals surface area contributed by atoms with Gasteiger partial charge in [0, 0.05) is 27.9 Å². The van der Waals surface area contributed by atoms with E-state index in [9.17, 15) is 9.59 Å². The Labute approximate surface area is 207 Å². The van der Waals surface area contributed by atoms with E-state index in [0.29, 0.717) is 17.8 Å². The lowest BCUT2D eigenvalue weighted by Crippen LogP contribution is -2.37. The number of benzene rings is 2. The second-order valence-electron chi connectivity index (χ2n) is 10.0. The number of nitrogens with zero attached hydrogens (tertiary/aromatic N) is 2. The summed E-state index contributed by atoms with van der Waals surface area (Å²) in [6.07, 6.45) is 2.79. The van der Waals surface area contributed by atoms with E-state index in [0.717, 1.165) is 39.0 Å². The fraction of sp³-hybridized carbons (Fsp3) is 0.296. The van der Waals surface area contributed by atoms with E-state index in [1.807, 2.05) is 56.3 Å². The first-order chi connectivity index (χ1) is 16.1. The number of hydrogen-bond donors (Lipinski definition) is 2. The highest BCUT2D eigenvalue weighted by Gasteiger charge is 2.42. The monoisotopic (exact) mass is 518 g/mol. The molecule has 0 spiro atoms. The topological polar surface area (TPSA) is 76.0 Å². The smallest absolute Gasteiger partial charge is 0.261 e. The Morgan fingerprint density at radius 2 is 1.85 bits per heavy atom. The highest BCUT2D eigenvalue weighted by molar-refractivity contribution is 9.10. The number of carbonyl (C=O) groups is 2. The second-order valence-corrected chi connectivity index (χ2v) is 10.9. The van der Waals surface area contributed by atoms with Crippen molar-refractivity contribution in [3.8, 4) is 0 Å². The summed E-state index contributed by atoms with van der Waals surface area (Å²) in [6, 6.07) is 13.4. The standard InChI is InChI=1S/C27H27BrN4O2/c1-15-5-10-19(11-16(15)2)30-26(34)20-14-29-32-24(17-6-8-18(28)9-7-17)23-21(31-25(20)32)12-27(3,4)13-22(23)33/h5-11,14,24,31H,12-13H2,1-4H3,(H,30,34). The van der Waals surface area contributed by atoms with E-state index in [2.05, 4.69) is 45.5 Å². The van der Waals surface area contributed by atoms with E-state index in [-0.39, 0.29) is 23.1 Å². The largest absolute Gasteiger partial charge is 0.343 e. The van der Waals surface area contributed by atoms with Crippen molar-refractivity contribution in [3.05, 3.63) is 86.7 Å². The Morgan fingerprint density at radius 1 is 1.12 bits per heavy atom. The van der Waals surface area contributed by atoms with Gasteiger partial charge in [0.25, 0.3) is 5.91 Å². The maximum atomic E-state index is 13.3. The molecule has 1 aliphatic carbocycles. The Balaban J connectivity index is 1.58. The molecule has 1 atom stereocenters. The van der Waals surface area contributed by atoms with Crippen LogP contribution in [0.2, 0.25) is 0 Å². The van der Waals surface area contributed by atoms with Crippen molar-refractivity contribution in [3.63, 3.8) is 0 Å². The molecule has 3 aromatic rings. The minimum atomic E-state index is -0.383. The lowest BCUT2D eigenvalue weighted by Gasteiger charge is -2.39. The summed E-state index contributed by atoms with van der Waals surface area (Å²) in [4.78, 5) is 26.6. The van der Waals surface area contributed by atoms with Crippen LogP contribution < -0.4 is 10.6 Å². The van der Waals surface area contributed by atoms with Gasteiger partial charge in [-0.1, -0.05) is 48.0 Å². The molecule has 0 fully saturated rings. The van der Waals surface area contributed by atoms with Gasteiger partial charge in [0.05, 0.1) is 6.20 Å². The van der Waals surface area contributed by atoms with E-state index in [1.54, 1.807) is 10.9 Å². The van der Waals surface area contributed by atoms with Crippen LogP contribution in [0.25, 0.3) is 0 Å². The molecule has 1 aliphatic heterocycles. The maximum Gasteiger partial charge on any atom is 0.261 e. The number of ketones is 1. The third kappa shape index (κ3) is 3.98. The predicted octanol–water partition coefficient (Wildman–Crippen LogP) is 6.17. The van der Waals surface area contributed by atoms with E-state index < -0.39 is 0 Å². The molecular weight excluding hydrogens is 492 g/mol. The van der Waals surface area contributed by atoms with Gasteiger partial charge in [-0.15, -0.1) is 0 Å². The molecule has 6 nitrogen and oxygen atoms in total. The number of aromatic nitrogens is 2. The molecule has 34 heavy (non-hydrogen) atoms. The first kappa shape index (κ1) is 22.6. The van der Waals surface area contributed by atoms with Crippen LogP contribution in [-0.4, -0.2) is 21.5 Å². The summed E-state index contributed by atoms with van der Waals surface area (Å²) in [5, 5.41) is 11.0. The molecule has 0 saturated carbocycles. The quantitative estimate of drug-likeness (QED) is 0.434. The highest BCUT2D eigenvalue weighted by atomic mass is 79.9. The number of allylic oxidation sites excluding steroid dienone is 2. The summed E-state index contributed by atoms with van der Waals surface area (Å²) >= 11 is 3.49. The van der Waals surface area contributed by atoms with E-state index in [4.69, 9.17) is 0 Å². The van der Waals surface area contributed by atoms with Crippen LogP contribution in [0.5, 0.6) is 0 Å². The first-order valence-electron chi connectivity index (χ1n) is 11.4. The SMILES string of the molecule is Cc1ccc(NC(=O)c2cnn3c2NC2=C(C(=O)CC(C)(C)C2)C3c2ccc(Br)cc2)cc1C. The number of fused-ring (bicyclic) bond motifs is 1. The summed E-state index contributed by atoms with van der Waals surface area (Å²) < 4.78 is 2.73. The molecule has 7 heteroatoms. The zero-order chi connectivity index (χ0) is 24.2. The van der Waals surface area contributed by atoms with E-state index >= 15 is 0 Å². The Bertz CT molecular complexity index is 1350. The van der Waals surface area contributed by atoms with Crippen LogP contribution in [-0.2, 0) is 4.79 Å². The van der Waals surface area contributed by atoms with Gasteiger partial charge in [0.1, 0.15) is 17.4 Å². The molecule has 0 bridgehead atoms. The van der Waals surface area contributed by atoms with Crippen LogP contribution in [0.3, 0.4) is 0 Å². The van der Waals surface area contributed by atoms with Gasteiger partial charge in [-0.3, -0.25) is 9.59 Å². The van der Waals surface area contributed by atoms with Crippen LogP contribution in [0, 0.1) is 19.3 Å². The number of halogens is 1. The zero-order valence-electron chi connectivity index (χ0n) is 19.7. The lowest BCUT2D eigenvalue weighted by molar-refractivity contribution is -0.118. The number of aryl methyl sites for hydroxylation is 2. The van der Waals surface area contributed by atoms with Gasteiger partial charge in [0.2, 0.25) is 0 Å². The molecule has 2 N–H and O–H groups in total. The van der Waals surface area contributed by atoms with Gasteiger partial charge in [-0.2, -0.15) is 5.10 Å². The summed E-state index contributed by atoms with van der Waals surface area (Å²) in [6.45, 7) is 8.26. The molecule has 1 unspecified atom stereocenters. The van der Waals surface area contributed by atoms with Crippen molar-refractivity contribution in [2.45, 2.75) is 46.6 Å². The zero-order valence-corrected chi connectivity index (χ0v) is 21.3. The molecule has 5 rings (SSSR count). The number of nitrogens with one attached hydrogen (secondary N) is 2. The predicted molar refractivity (Wildman–Crippen MR) is 137 cm³/mol. The maximum absolute atomic E-state index is 13.3. The van der Waals surface area contributed by atoms with Gasteiger partial charge in [-0.05, 0) is 66.6 Å². The summed E-state index contributed by atoms with van der Waals surface area (Å²) in [7, 11) is 0. The Hall–Kier alpha value is -3.19. The molecule has 0 radical (unpaired) electrons. The molecule has 0 saturated heterocycles. The Kier molecular flexibility index (Phi) is 5.47. The van der Waals surface area contributed by atoms with Gasteiger partial charge < -0.3 is 10.6 Å². The van der Waals surface area contributed by atoms with Crippen molar-refractivity contribution in [2.75, 3.05) is 10.6 Å². The average molecular weight is 519 g/mol. The number of hydrogen-bond acceptors (Lipinski definition) is 4.